The van der Waals surface area contributed by atoms with Crippen LogP contribution in [-0.4, -0.2) is 29.1 Å². The Balaban J connectivity index is 2.80. The summed E-state index contributed by atoms with van der Waals surface area (Å²) in [6, 6.07) is 3.70. The predicted octanol–water partition coefficient (Wildman–Crippen LogP) is 1.89. The number of aliphatic hydroxyl groups is 1. The van der Waals surface area contributed by atoms with Gasteiger partial charge >= 0.3 is 5.97 Å². The summed E-state index contributed by atoms with van der Waals surface area (Å²) < 4.78 is 18.1. The molecule has 0 saturated heterocycles. The van der Waals surface area contributed by atoms with Gasteiger partial charge in [-0.2, -0.15) is 0 Å². The molecule has 17 heavy (non-hydrogen) atoms. The van der Waals surface area contributed by atoms with E-state index in [1.807, 2.05) is 0 Å². The van der Waals surface area contributed by atoms with Gasteiger partial charge in [0.05, 0.1) is 5.56 Å². The summed E-state index contributed by atoms with van der Waals surface area (Å²) in [5, 5.41) is 17.9. The summed E-state index contributed by atoms with van der Waals surface area (Å²) in [6.07, 6.45) is 1.75. The number of aliphatic hydroxyl groups excluding tert-OH is 1. The average Bonchev–Trinajstić information content (AvgIpc) is 2.26. The van der Waals surface area contributed by atoms with Gasteiger partial charge in [-0.15, -0.1) is 0 Å². The van der Waals surface area contributed by atoms with E-state index < -0.39 is 18.1 Å². The Morgan fingerprint density at radius 2 is 2.29 bits per heavy atom. The number of ether oxygens (including phenoxy) is 1. The molecule has 92 valence electrons. The Bertz CT molecular complexity index is 429. The number of carboxylic acids is 1. The lowest BCUT2D eigenvalue weighted by atomic mass is 10.1. The van der Waals surface area contributed by atoms with E-state index in [-0.39, 0.29) is 5.56 Å². The van der Waals surface area contributed by atoms with E-state index in [2.05, 4.69) is 0 Å². The molecular weight excluding hydrogens is 227 g/mol. The van der Waals surface area contributed by atoms with Crippen LogP contribution in [0.15, 0.2) is 24.3 Å². The zero-order valence-electron chi connectivity index (χ0n) is 9.26. The lowest BCUT2D eigenvalue weighted by Gasteiger charge is -2.04. The lowest BCUT2D eigenvalue weighted by Crippen LogP contribution is -2.07. The van der Waals surface area contributed by atoms with Crippen LogP contribution in [0.4, 0.5) is 4.39 Å². The second kappa shape index (κ2) is 6.12. The van der Waals surface area contributed by atoms with Crippen LogP contribution < -0.4 is 0 Å². The Morgan fingerprint density at radius 1 is 1.59 bits per heavy atom. The monoisotopic (exact) mass is 240 g/mol. The van der Waals surface area contributed by atoms with Crippen LogP contribution in [0.5, 0.6) is 0 Å². The van der Waals surface area contributed by atoms with Crippen molar-refractivity contribution in [3.63, 3.8) is 0 Å². The second-order valence-electron chi connectivity index (χ2n) is 3.25. The van der Waals surface area contributed by atoms with Crippen molar-refractivity contribution in [1.29, 1.82) is 0 Å². The third kappa shape index (κ3) is 3.97. The van der Waals surface area contributed by atoms with Crippen LogP contribution in [0, 0.1) is 5.82 Å². The van der Waals surface area contributed by atoms with Gasteiger partial charge in [0, 0.05) is 6.61 Å². The topological polar surface area (TPSA) is 66.8 Å². The minimum atomic E-state index is -1.31. The molecule has 4 nitrogen and oxygen atoms in total. The summed E-state index contributed by atoms with van der Waals surface area (Å²) in [6.45, 7) is 2.09. The molecule has 0 bridgehead atoms. The number of hydrogen-bond donors (Lipinski definition) is 2. The van der Waals surface area contributed by atoms with E-state index in [9.17, 15) is 14.3 Å². The van der Waals surface area contributed by atoms with E-state index in [1.165, 1.54) is 24.3 Å². The zero-order valence-corrected chi connectivity index (χ0v) is 9.26. The van der Waals surface area contributed by atoms with E-state index in [0.29, 0.717) is 12.2 Å². The normalized spacial score (nSPS) is 12.9. The molecule has 5 heteroatoms. The molecular formula is C12H13FO4. The molecule has 1 aromatic rings. The first-order chi connectivity index (χ1) is 8.04. The molecule has 0 aliphatic rings. The van der Waals surface area contributed by atoms with Crippen molar-refractivity contribution >= 4 is 12.0 Å². The molecule has 0 heterocycles. The number of carbonyl (C=O) groups is 1. The van der Waals surface area contributed by atoms with Gasteiger partial charge in [0.15, 0.2) is 6.29 Å². The third-order valence-corrected chi connectivity index (χ3v) is 2.01. The van der Waals surface area contributed by atoms with Gasteiger partial charge in [-0.1, -0.05) is 12.1 Å². The summed E-state index contributed by atoms with van der Waals surface area (Å²) in [7, 11) is 0. The van der Waals surface area contributed by atoms with Gasteiger partial charge < -0.3 is 14.9 Å². The van der Waals surface area contributed by atoms with E-state index in [0.717, 1.165) is 6.07 Å². The van der Waals surface area contributed by atoms with Crippen LogP contribution in [-0.2, 0) is 4.74 Å². The highest BCUT2D eigenvalue weighted by Crippen LogP contribution is 2.12. The number of hydrogen-bond acceptors (Lipinski definition) is 3. The fraction of sp³-hybridized carbons (Fsp3) is 0.250. The predicted molar refractivity (Wildman–Crippen MR) is 60.0 cm³/mol. The molecule has 1 atom stereocenters. The molecule has 1 rings (SSSR count). The Kier molecular flexibility index (Phi) is 4.81. The van der Waals surface area contributed by atoms with Gasteiger partial charge in [-0.25, -0.2) is 9.18 Å². The van der Waals surface area contributed by atoms with Crippen LogP contribution in [0.2, 0.25) is 0 Å². The molecule has 0 saturated carbocycles. The summed E-state index contributed by atoms with van der Waals surface area (Å²) in [4.78, 5) is 10.6. The van der Waals surface area contributed by atoms with Crippen molar-refractivity contribution in [3.8, 4) is 0 Å². The minimum Gasteiger partial charge on any atom is -0.478 e. The van der Waals surface area contributed by atoms with E-state index in [1.54, 1.807) is 6.92 Å². The molecule has 0 fully saturated rings. The molecule has 1 unspecified atom stereocenters. The van der Waals surface area contributed by atoms with Crippen molar-refractivity contribution in [3.05, 3.63) is 41.2 Å². The maximum Gasteiger partial charge on any atom is 0.338 e. The molecule has 0 aromatic heterocycles. The molecule has 0 spiro atoms. The number of halogens is 1. The third-order valence-electron chi connectivity index (χ3n) is 2.01. The fourth-order valence-electron chi connectivity index (χ4n) is 1.23. The maximum absolute atomic E-state index is 13.3. The van der Waals surface area contributed by atoms with Gasteiger partial charge in [0.1, 0.15) is 5.82 Å². The minimum absolute atomic E-state index is 0.359. The number of rotatable bonds is 5. The fourth-order valence-corrected chi connectivity index (χ4v) is 1.23. The first-order valence-electron chi connectivity index (χ1n) is 5.05. The molecule has 0 radical (unpaired) electrons. The van der Waals surface area contributed by atoms with Crippen molar-refractivity contribution in [2.24, 2.45) is 0 Å². The standard InChI is InChI=1S/C12H13FO4/c1-2-17-11(14)6-4-8-3-5-9(12(15)16)10(13)7-8/h3-7,11,14H,2H2,1H3,(H,15,16)/b6-4+. The Hall–Kier alpha value is -1.72. The molecule has 2 N–H and O–H groups in total. The SMILES string of the molecule is CCOC(O)/C=C/c1ccc(C(=O)O)c(F)c1. The maximum atomic E-state index is 13.3. The highest BCUT2D eigenvalue weighted by atomic mass is 19.1. The van der Waals surface area contributed by atoms with Gasteiger partial charge in [-0.3, -0.25) is 0 Å². The van der Waals surface area contributed by atoms with Gasteiger partial charge in [0.2, 0.25) is 0 Å². The van der Waals surface area contributed by atoms with Gasteiger partial charge in [0.25, 0.3) is 0 Å². The first kappa shape index (κ1) is 13.3. The molecule has 0 aliphatic carbocycles. The van der Waals surface area contributed by atoms with Crippen LogP contribution in [0.3, 0.4) is 0 Å². The van der Waals surface area contributed by atoms with Crippen molar-refractivity contribution in [2.45, 2.75) is 13.2 Å². The first-order valence-corrected chi connectivity index (χ1v) is 5.05. The quantitative estimate of drug-likeness (QED) is 0.771. The van der Waals surface area contributed by atoms with Crippen LogP contribution in [0.25, 0.3) is 6.08 Å². The Morgan fingerprint density at radius 3 is 2.82 bits per heavy atom. The second-order valence-corrected chi connectivity index (χ2v) is 3.25. The van der Waals surface area contributed by atoms with Gasteiger partial charge in [-0.05, 0) is 30.7 Å². The van der Waals surface area contributed by atoms with E-state index in [4.69, 9.17) is 9.84 Å². The highest BCUT2D eigenvalue weighted by Gasteiger charge is 2.09. The average molecular weight is 240 g/mol. The molecule has 1 aromatic carbocycles. The van der Waals surface area contributed by atoms with Crippen LogP contribution in [0.1, 0.15) is 22.8 Å². The number of benzene rings is 1. The molecule has 0 aliphatic heterocycles. The number of carboxylic acid groups (broad SMARTS) is 1. The lowest BCUT2D eigenvalue weighted by molar-refractivity contribution is -0.0581. The summed E-state index contributed by atoms with van der Waals surface area (Å²) in [5.41, 5.74) is 0.0683. The van der Waals surface area contributed by atoms with E-state index >= 15 is 0 Å². The van der Waals surface area contributed by atoms with Crippen molar-refractivity contribution in [1.82, 2.24) is 0 Å². The van der Waals surface area contributed by atoms with Crippen molar-refractivity contribution in [2.75, 3.05) is 6.61 Å². The van der Waals surface area contributed by atoms with Crippen molar-refractivity contribution < 1.29 is 24.1 Å². The van der Waals surface area contributed by atoms with Crippen LogP contribution >= 0.6 is 0 Å². The molecule has 0 amide bonds. The number of aromatic carboxylic acids is 1. The Labute approximate surface area is 98.0 Å². The largest absolute Gasteiger partial charge is 0.478 e. The summed E-state index contributed by atoms with van der Waals surface area (Å²) in [5.74, 6) is -2.13. The highest BCUT2D eigenvalue weighted by molar-refractivity contribution is 5.88. The smallest absolute Gasteiger partial charge is 0.338 e. The zero-order chi connectivity index (χ0) is 12.8. The summed E-state index contributed by atoms with van der Waals surface area (Å²) >= 11 is 0.